The fourth-order valence-corrected chi connectivity index (χ4v) is 2.56. The first kappa shape index (κ1) is 13.3. The molecule has 1 aliphatic rings. The number of nitrogens with zero attached hydrogens (tertiary/aromatic N) is 2. The molecule has 102 valence electrons. The highest BCUT2D eigenvalue weighted by Gasteiger charge is 2.44. The van der Waals surface area contributed by atoms with E-state index in [4.69, 9.17) is 23.2 Å². The first-order valence-electron chi connectivity index (χ1n) is 6.17. The number of halogens is 2. The molecule has 2 aromatic rings. The van der Waals surface area contributed by atoms with E-state index in [0.717, 1.165) is 12.0 Å². The summed E-state index contributed by atoms with van der Waals surface area (Å²) in [5.74, 6) is 0.560. The van der Waals surface area contributed by atoms with Crippen LogP contribution in [0.1, 0.15) is 17.9 Å². The number of hydrogen-bond donors (Lipinski definition) is 1. The Bertz CT molecular complexity index is 662. The highest BCUT2D eigenvalue weighted by atomic mass is 35.5. The Hall–Kier alpha value is -1.65. The number of nitrogens with one attached hydrogen (secondary N) is 1. The average Bonchev–Trinajstić information content (AvgIpc) is 3.19. The largest absolute Gasteiger partial charge is 0.310 e. The maximum absolute atomic E-state index is 12.1. The quantitative estimate of drug-likeness (QED) is 0.883. The van der Waals surface area contributed by atoms with Gasteiger partial charge in [-0.3, -0.25) is 4.79 Å². The third-order valence-electron chi connectivity index (χ3n) is 3.29. The number of amides is 1. The second kappa shape index (κ2) is 5.38. The molecule has 0 radical (unpaired) electrons. The second-order valence-electron chi connectivity index (χ2n) is 4.72. The van der Waals surface area contributed by atoms with Gasteiger partial charge in [-0.2, -0.15) is 0 Å². The summed E-state index contributed by atoms with van der Waals surface area (Å²) in [6, 6.07) is 9.14. The monoisotopic (exact) mass is 307 g/mol. The van der Waals surface area contributed by atoms with Crippen molar-refractivity contribution in [2.45, 2.75) is 12.3 Å². The van der Waals surface area contributed by atoms with Crippen LogP contribution in [0.3, 0.4) is 0 Å². The fourth-order valence-electron chi connectivity index (χ4n) is 2.21. The molecule has 1 amide bonds. The van der Waals surface area contributed by atoms with E-state index in [0.29, 0.717) is 16.0 Å². The van der Waals surface area contributed by atoms with Crippen LogP contribution in [0.25, 0.3) is 0 Å². The number of hydrogen-bond acceptors (Lipinski definition) is 3. The van der Waals surface area contributed by atoms with Crippen LogP contribution in [-0.2, 0) is 4.79 Å². The summed E-state index contributed by atoms with van der Waals surface area (Å²) < 4.78 is 0. The highest BCUT2D eigenvalue weighted by molar-refractivity contribution is 6.30. The molecule has 3 rings (SSSR count). The van der Waals surface area contributed by atoms with E-state index >= 15 is 0 Å². The molecule has 0 unspecified atom stereocenters. The zero-order valence-corrected chi connectivity index (χ0v) is 11.9. The van der Waals surface area contributed by atoms with E-state index in [1.807, 2.05) is 24.3 Å². The molecule has 0 saturated heterocycles. The van der Waals surface area contributed by atoms with Gasteiger partial charge in [0.05, 0.1) is 0 Å². The molecule has 1 aromatic carbocycles. The number of anilines is 1. The molecule has 20 heavy (non-hydrogen) atoms. The standard InChI is InChI=1S/C14H11Cl2N3O/c15-9-3-1-2-8(4-9)10-5-11(10)14(20)19-13-6-12(16)17-7-18-13/h1-4,6-7,10-11H,5H2,(H,17,18,19,20)/t10-,11+/m1/s1. The van der Waals surface area contributed by atoms with E-state index in [9.17, 15) is 4.79 Å². The summed E-state index contributed by atoms with van der Waals surface area (Å²) in [6.45, 7) is 0. The number of carbonyl (C=O) groups excluding carboxylic acids is 1. The smallest absolute Gasteiger partial charge is 0.229 e. The van der Waals surface area contributed by atoms with Crippen molar-refractivity contribution in [1.29, 1.82) is 0 Å². The Balaban J connectivity index is 1.66. The number of rotatable bonds is 3. The lowest BCUT2D eigenvalue weighted by Gasteiger charge is -2.04. The Morgan fingerprint density at radius 2 is 2.10 bits per heavy atom. The van der Waals surface area contributed by atoms with E-state index in [2.05, 4.69) is 15.3 Å². The van der Waals surface area contributed by atoms with Crippen molar-refractivity contribution in [3.8, 4) is 0 Å². The Kier molecular flexibility index (Phi) is 3.59. The Labute approximate surface area is 126 Å². The number of carbonyl (C=O) groups is 1. The maximum Gasteiger partial charge on any atom is 0.229 e. The molecule has 0 spiro atoms. The van der Waals surface area contributed by atoms with Gasteiger partial charge in [0.15, 0.2) is 0 Å². The predicted octanol–water partition coefficient (Wildman–Crippen LogP) is 3.53. The molecule has 1 saturated carbocycles. The SMILES string of the molecule is O=C(Nc1cc(Cl)ncn1)[C@H]1C[C@@H]1c1cccc(Cl)c1. The van der Waals surface area contributed by atoms with Crippen LogP contribution in [0.15, 0.2) is 36.7 Å². The van der Waals surface area contributed by atoms with Crippen LogP contribution in [0, 0.1) is 5.92 Å². The summed E-state index contributed by atoms with van der Waals surface area (Å²) >= 11 is 11.7. The van der Waals surface area contributed by atoms with Crippen molar-refractivity contribution >= 4 is 34.9 Å². The Morgan fingerprint density at radius 3 is 2.85 bits per heavy atom. The van der Waals surface area contributed by atoms with Crippen LogP contribution in [0.2, 0.25) is 10.2 Å². The zero-order valence-electron chi connectivity index (χ0n) is 10.4. The minimum atomic E-state index is -0.0512. The first-order valence-corrected chi connectivity index (χ1v) is 6.93. The third kappa shape index (κ3) is 2.92. The molecule has 0 aliphatic heterocycles. The highest BCUT2D eigenvalue weighted by Crippen LogP contribution is 2.48. The van der Waals surface area contributed by atoms with Crippen LogP contribution in [0.5, 0.6) is 0 Å². The van der Waals surface area contributed by atoms with Gasteiger partial charge in [-0.25, -0.2) is 9.97 Å². The normalized spacial score (nSPS) is 20.5. The summed E-state index contributed by atoms with van der Waals surface area (Å²) in [5.41, 5.74) is 1.10. The Morgan fingerprint density at radius 1 is 1.25 bits per heavy atom. The molecule has 1 fully saturated rings. The maximum atomic E-state index is 12.1. The minimum absolute atomic E-state index is 0.0396. The average molecular weight is 308 g/mol. The van der Waals surface area contributed by atoms with Crippen molar-refractivity contribution in [2.24, 2.45) is 5.92 Å². The van der Waals surface area contributed by atoms with Crippen molar-refractivity contribution < 1.29 is 4.79 Å². The molecule has 1 heterocycles. The van der Waals surface area contributed by atoms with Gasteiger partial charge in [-0.05, 0) is 30.0 Å². The van der Waals surface area contributed by atoms with Gasteiger partial charge in [-0.15, -0.1) is 0 Å². The second-order valence-corrected chi connectivity index (χ2v) is 5.54. The molecule has 1 aliphatic carbocycles. The molecule has 1 aromatic heterocycles. The fraction of sp³-hybridized carbons (Fsp3) is 0.214. The van der Waals surface area contributed by atoms with Crippen LogP contribution < -0.4 is 5.32 Å². The van der Waals surface area contributed by atoms with Crippen LogP contribution in [0.4, 0.5) is 5.82 Å². The predicted molar refractivity (Wildman–Crippen MR) is 78.0 cm³/mol. The van der Waals surface area contributed by atoms with Crippen molar-refractivity contribution in [2.75, 3.05) is 5.32 Å². The van der Waals surface area contributed by atoms with Gasteiger partial charge in [0.2, 0.25) is 5.91 Å². The molecule has 6 heteroatoms. The lowest BCUT2D eigenvalue weighted by atomic mass is 10.1. The van der Waals surface area contributed by atoms with Crippen molar-refractivity contribution in [1.82, 2.24) is 9.97 Å². The number of benzene rings is 1. The third-order valence-corrected chi connectivity index (χ3v) is 3.73. The summed E-state index contributed by atoms with van der Waals surface area (Å²) in [7, 11) is 0. The molecule has 2 atom stereocenters. The summed E-state index contributed by atoms with van der Waals surface area (Å²) in [5, 5.41) is 3.75. The van der Waals surface area contributed by atoms with Gasteiger partial charge in [0.25, 0.3) is 0 Å². The van der Waals surface area contributed by atoms with Crippen LogP contribution >= 0.6 is 23.2 Å². The molecule has 4 nitrogen and oxygen atoms in total. The molecular formula is C14H11Cl2N3O. The summed E-state index contributed by atoms with van der Waals surface area (Å²) in [4.78, 5) is 19.8. The van der Waals surface area contributed by atoms with E-state index < -0.39 is 0 Å². The topological polar surface area (TPSA) is 54.9 Å². The van der Waals surface area contributed by atoms with Gasteiger partial charge in [0.1, 0.15) is 17.3 Å². The van der Waals surface area contributed by atoms with Gasteiger partial charge < -0.3 is 5.32 Å². The lowest BCUT2D eigenvalue weighted by molar-refractivity contribution is -0.117. The van der Waals surface area contributed by atoms with Gasteiger partial charge in [0, 0.05) is 17.0 Å². The molecular weight excluding hydrogens is 297 g/mol. The van der Waals surface area contributed by atoms with E-state index in [1.165, 1.54) is 12.4 Å². The summed E-state index contributed by atoms with van der Waals surface area (Å²) in [6.07, 6.45) is 2.14. The zero-order chi connectivity index (χ0) is 14.1. The number of aromatic nitrogens is 2. The van der Waals surface area contributed by atoms with Crippen LogP contribution in [-0.4, -0.2) is 15.9 Å². The van der Waals surface area contributed by atoms with E-state index in [-0.39, 0.29) is 17.7 Å². The van der Waals surface area contributed by atoms with E-state index in [1.54, 1.807) is 0 Å². The molecule has 1 N–H and O–H groups in total. The van der Waals surface area contributed by atoms with Crippen molar-refractivity contribution in [3.05, 3.63) is 52.4 Å². The lowest BCUT2D eigenvalue weighted by Crippen LogP contribution is -2.15. The van der Waals surface area contributed by atoms with Gasteiger partial charge in [-0.1, -0.05) is 35.3 Å². The molecule has 0 bridgehead atoms. The first-order chi connectivity index (χ1) is 9.63. The minimum Gasteiger partial charge on any atom is -0.310 e. The van der Waals surface area contributed by atoms with Crippen molar-refractivity contribution in [3.63, 3.8) is 0 Å². The van der Waals surface area contributed by atoms with Gasteiger partial charge >= 0.3 is 0 Å².